The summed E-state index contributed by atoms with van der Waals surface area (Å²) in [6, 6.07) is 9.75. The van der Waals surface area contributed by atoms with E-state index in [4.69, 9.17) is 9.47 Å². The third kappa shape index (κ3) is 2.66. The Labute approximate surface area is 99.5 Å². The van der Waals surface area contributed by atoms with E-state index in [9.17, 15) is 5.11 Å². The number of methoxy groups -OCH3 is 1. The molecule has 0 unspecified atom stereocenters. The van der Waals surface area contributed by atoms with E-state index < -0.39 is 0 Å². The lowest BCUT2D eigenvalue weighted by Crippen LogP contribution is -1.98. The number of aromatic nitrogens is 1. The molecular formula is C13H13NO3. The number of benzene rings is 1. The Morgan fingerprint density at radius 1 is 1.18 bits per heavy atom. The van der Waals surface area contributed by atoms with Crippen LogP contribution >= 0.6 is 0 Å². The molecule has 0 fully saturated rings. The van der Waals surface area contributed by atoms with Crippen molar-refractivity contribution in [2.45, 2.75) is 6.61 Å². The van der Waals surface area contributed by atoms with Crippen molar-refractivity contribution in [3.05, 3.63) is 48.3 Å². The number of pyridine rings is 1. The Balaban J connectivity index is 2.12. The number of nitrogens with zero attached hydrogens (tertiary/aromatic N) is 1. The first-order valence-corrected chi connectivity index (χ1v) is 5.19. The summed E-state index contributed by atoms with van der Waals surface area (Å²) in [5.41, 5.74) is 1.04. The van der Waals surface area contributed by atoms with Gasteiger partial charge in [0.15, 0.2) is 11.5 Å². The molecule has 1 aromatic heterocycles. The highest BCUT2D eigenvalue weighted by Gasteiger charge is 2.09. The van der Waals surface area contributed by atoms with E-state index >= 15 is 0 Å². The van der Waals surface area contributed by atoms with Crippen LogP contribution in [-0.2, 0) is 6.61 Å². The maximum absolute atomic E-state index is 9.52. The van der Waals surface area contributed by atoms with Crippen LogP contribution < -0.4 is 9.47 Å². The van der Waals surface area contributed by atoms with Crippen LogP contribution in [0.2, 0.25) is 0 Å². The van der Waals surface area contributed by atoms with Gasteiger partial charge >= 0.3 is 0 Å². The fraction of sp³-hybridized carbons (Fsp3) is 0.154. The summed E-state index contributed by atoms with van der Waals surface area (Å²) in [5, 5.41) is 9.52. The first-order valence-electron chi connectivity index (χ1n) is 5.19. The van der Waals surface area contributed by atoms with Gasteiger partial charge < -0.3 is 14.6 Å². The minimum absolute atomic E-state index is 0.0296. The largest absolute Gasteiger partial charge is 0.503 e. The standard InChI is InChI=1S/C13H13NO3/c1-16-13-11(15)7-14-8-12(13)17-9-10-5-3-2-4-6-10/h2-8,15H,9H2,1H3. The van der Waals surface area contributed by atoms with E-state index in [1.165, 1.54) is 19.5 Å². The molecule has 0 saturated heterocycles. The van der Waals surface area contributed by atoms with E-state index in [0.717, 1.165) is 5.56 Å². The lowest BCUT2D eigenvalue weighted by Gasteiger charge is -2.10. The van der Waals surface area contributed by atoms with Gasteiger partial charge in [-0.1, -0.05) is 30.3 Å². The average Bonchev–Trinajstić information content (AvgIpc) is 2.37. The second-order valence-electron chi connectivity index (χ2n) is 3.46. The minimum Gasteiger partial charge on any atom is -0.503 e. The monoisotopic (exact) mass is 231 g/mol. The molecule has 2 rings (SSSR count). The summed E-state index contributed by atoms with van der Waals surface area (Å²) in [7, 11) is 1.48. The van der Waals surface area contributed by atoms with Gasteiger partial charge in [-0.2, -0.15) is 0 Å². The Kier molecular flexibility index (Phi) is 3.45. The molecule has 4 heteroatoms. The smallest absolute Gasteiger partial charge is 0.206 e. The van der Waals surface area contributed by atoms with Crippen LogP contribution in [0.3, 0.4) is 0 Å². The highest BCUT2D eigenvalue weighted by molar-refractivity contribution is 5.47. The molecule has 0 amide bonds. The summed E-state index contributed by atoms with van der Waals surface area (Å²) >= 11 is 0. The fourth-order valence-electron chi connectivity index (χ4n) is 1.46. The van der Waals surface area contributed by atoms with Crippen molar-refractivity contribution >= 4 is 0 Å². The average molecular weight is 231 g/mol. The molecular weight excluding hydrogens is 218 g/mol. The molecule has 0 aliphatic rings. The van der Waals surface area contributed by atoms with Gasteiger partial charge in [-0.05, 0) is 5.56 Å². The molecule has 1 aromatic carbocycles. The summed E-state index contributed by atoms with van der Waals surface area (Å²) in [6.45, 7) is 0.405. The third-order valence-corrected chi connectivity index (χ3v) is 2.29. The Morgan fingerprint density at radius 3 is 2.65 bits per heavy atom. The van der Waals surface area contributed by atoms with Crippen molar-refractivity contribution in [2.24, 2.45) is 0 Å². The van der Waals surface area contributed by atoms with Crippen LogP contribution in [-0.4, -0.2) is 17.2 Å². The molecule has 0 aliphatic carbocycles. The number of hydrogen-bond acceptors (Lipinski definition) is 4. The molecule has 0 bridgehead atoms. The lowest BCUT2D eigenvalue weighted by atomic mass is 10.2. The number of aromatic hydroxyl groups is 1. The van der Waals surface area contributed by atoms with Gasteiger partial charge in [0.1, 0.15) is 6.61 Å². The molecule has 0 spiro atoms. The molecule has 0 saturated carbocycles. The topological polar surface area (TPSA) is 51.6 Å². The maximum Gasteiger partial charge on any atom is 0.206 e. The van der Waals surface area contributed by atoms with E-state index in [2.05, 4.69) is 4.98 Å². The van der Waals surface area contributed by atoms with E-state index in [1.807, 2.05) is 30.3 Å². The minimum atomic E-state index is -0.0296. The molecule has 0 radical (unpaired) electrons. The predicted molar refractivity (Wildman–Crippen MR) is 63.2 cm³/mol. The molecule has 0 aliphatic heterocycles. The fourth-order valence-corrected chi connectivity index (χ4v) is 1.46. The van der Waals surface area contributed by atoms with E-state index in [1.54, 1.807) is 0 Å². The summed E-state index contributed by atoms with van der Waals surface area (Å²) in [6.07, 6.45) is 2.83. The molecule has 17 heavy (non-hydrogen) atoms. The quantitative estimate of drug-likeness (QED) is 0.877. The van der Waals surface area contributed by atoms with Gasteiger partial charge in [-0.25, -0.2) is 0 Å². The third-order valence-electron chi connectivity index (χ3n) is 2.29. The highest BCUT2D eigenvalue weighted by Crippen LogP contribution is 2.34. The van der Waals surface area contributed by atoms with E-state index in [0.29, 0.717) is 18.1 Å². The van der Waals surface area contributed by atoms with Crippen molar-refractivity contribution in [1.29, 1.82) is 0 Å². The Morgan fingerprint density at radius 2 is 1.94 bits per heavy atom. The second-order valence-corrected chi connectivity index (χ2v) is 3.46. The molecule has 4 nitrogen and oxygen atoms in total. The summed E-state index contributed by atoms with van der Waals surface area (Å²) < 4.78 is 10.6. The zero-order chi connectivity index (χ0) is 12.1. The van der Waals surface area contributed by atoms with Crippen LogP contribution in [0.1, 0.15) is 5.56 Å². The molecule has 0 atom stereocenters. The molecule has 1 heterocycles. The van der Waals surface area contributed by atoms with Crippen LogP contribution in [0, 0.1) is 0 Å². The zero-order valence-electron chi connectivity index (χ0n) is 9.46. The number of ether oxygens (including phenoxy) is 2. The predicted octanol–water partition coefficient (Wildman–Crippen LogP) is 2.37. The highest BCUT2D eigenvalue weighted by atomic mass is 16.5. The normalized spacial score (nSPS) is 9.94. The van der Waals surface area contributed by atoms with Crippen LogP contribution in [0.25, 0.3) is 0 Å². The zero-order valence-corrected chi connectivity index (χ0v) is 9.46. The van der Waals surface area contributed by atoms with Gasteiger partial charge in [0.05, 0.1) is 19.5 Å². The molecule has 2 aromatic rings. The SMILES string of the molecule is COc1c(O)cncc1OCc1ccccc1. The van der Waals surface area contributed by atoms with Gasteiger partial charge in [0.25, 0.3) is 0 Å². The van der Waals surface area contributed by atoms with Gasteiger partial charge in [-0.15, -0.1) is 0 Å². The van der Waals surface area contributed by atoms with Crippen LogP contribution in [0.4, 0.5) is 0 Å². The first-order chi connectivity index (χ1) is 8.31. The molecule has 1 N–H and O–H groups in total. The summed E-state index contributed by atoms with van der Waals surface area (Å²) in [5.74, 6) is 0.699. The lowest BCUT2D eigenvalue weighted by molar-refractivity contribution is 0.275. The second kappa shape index (κ2) is 5.21. The maximum atomic E-state index is 9.52. The van der Waals surface area contributed by atoms with Crippen molar-refractivity contribution in [1.82, 2.24) is 4.98 Å². The van der Waals surface area contributed by atoms with E-state index in [-0.39, 0.29) is 5.75 Å². The Hall–Kier alpha value is -2.23. The first kappa shape index (κ1) is 11.3. The van der Waals surface area contributed by atoms with Crippen molar-refractivity contribution < 1.29 is 14.6 Å². The van der Waals surface area contributed by atoms with Crippen molar-refractivity contribution in [3.63, 3.8) is 0 Å². The van der Waals surface area contributed by atoms with Crippen LogP contribution in [0.5, 0.6) is 17.2 Å². The van der Waals surface area contributed by atoms with Gasteiger partial charge in [0, 0.05) is 0 Å². The Bertz CT molecular complexity index is 485. The van der Waals surface area contributed by atoms with Crippen LogP contribution in [0.15, 0.2) is 42.7 Å². The van der Waals surface area contributed by atoms with Crippen molar-refractivity contribution in [3.8, 4) is 17.2 Å². The van der Waals surface area contributed by atoms with Crippen molar-refractivity contribution in [2.75, 3.05) is 7.11 Å². The van der Waals surface area contributed by atoms with Gasteiger partial charge in [0.2, 0.25) is 5.75 Å². The van der Waals surface area contributed by atoms with Gasteiger partial charge in [-0.3, -0.25) is 4.98 Å². The summed E-state index contributed by atoms with van der Waals surface area (Å²) in [4.78, 5) is 3.85. The number of hydrogen-bond donors (Lipinski definition) is 1. The molecule has 88 valence electrons. The number of rotatable bonds is 4.